The van der Waals surface area contributed by atoms with Gasteiger partial charge in [-0.1, -0.05) is 0 Å². The van der Waals surface area contributed by atoms with Gasteiger partial charge in [0, 0.05) is 30.0 Å². The van der Waals surface area contributed by atoms with Gasteiger partial charge in [0.1, 0.15) is 11.5 Å². The molecule has 1 aromatic carbocycles. The van der Waals surface area contributed by atoms with Crippen LogP contribution in [0.2, 0.25) is 0 Å². The Morgan fingerprint density at radius 1 is 1.25 bits per heavy atom. The van der Waals surface area contributed by atoms with E-state index in [4.69, 9.17) is 0 Å². The lowest BCUT2D eigenvalue weighted by Gasteiger charge is -2.35. The molecular formula is C21H25FN4O2. The van der Waals surface area contributed by atoms with Crippen molar-refractivity contribution in [3.63, 3.8) is 0 Å². The molecule has 148 valence electrons. The van der Waals surface area contributed by atoms with Gasteiger partial charge in [0.2, 0.25) is 0 Å². The number of H-pyrrole nitrogens is 1. The molecular weight excluding hydrogens is 359 g/mol. The molecule has 2 aromatic rings. The molecule has 0 aliphatic carbocycles. The van der Waals surface area contributed by atoms with Crippen LogP contribution in [0.1, 0.15) is 49.3 Å². The van der Waals surface area contributed by atoms with E-state index in [-0.39, 0.29) is 28.5 Å². The normalized spacial score (nSPS) is 23.6. The van der Waals surface area contributed by atoms with Crippen molar-refractivity contribution in [2.45, 2.75) is 51.1 Å². The summed E-state index contributed by atoms with van der Waals surface area (Å²) in [5.41, 5.74) is 0.770. The molecule has 28 heavy (non-hydrogen) atoms. The van der Waals surface area contributed by atoms with Crippen LogP contribution < -0.4 is 10.6 Å². The molecule has 1 unspecified atom stereocenters. The van der Waals surface area contributed by atoms with Crippen molar-refractivity contribution in [1.29, 1.82) is 0 Å². The van der Waals surface area contributed by atoms with E-state index in [0.717, 1.165) is 24.9 Å². The number of carbonyl (C=O) groups excluding carboxylic acids is 1. The first-order valence-electron chi connectivity index (χ1n) is 9.63. The number of amides is 1. The minimum Gasteiger partial charge on any atom is -0.364 e. The third kappa shape index (κ3) is 3.08. The van der Waals surface area contributed by atoms with Gasteiger partial charge in [-0.05, 0) is 70.4 Å². The van der Waals surface area contributed by atoms with E-state index in [0.29, 0.717) is 18.8 Å². The largest absolute Gasteiger partial charge is 0.364 e. The molecule has 2 aliphatic heterocycles. The molecule has 6 nitrogen and oxygen atoms in total. The van der Waals surface area contributed by atoms with E-state index in [1.807, 2.05) is 4.90 Å². The number of nitrogens with zero attached hydrogens (tertiary/aromatic N) is 3. The van der Waals surface area contributed by atoms with Crippen LogP contribution in [0.25, 0.3) is 0 Å². The Labute approximate surface area is 163 Å². The van der Waals surface area contributed by atoms with Crippen molar-refractivity contribution < 1.29 is 9.18 Å². The van der Waals surface area contributed by atoms with Gasteiger partial charge in [0.05, 0.1) is 5.54 Å². The van der Waals surface area contributed by atoms with Crippen LogP contribution in [0.4, 0.5) is 10.1 Å². The molecule has 1 spiro atoms. The van der Waals surface area contributed by atoms with Crippen molar-refractivity contribution in [3.05, 3.63) is 58.0 Å². The monoisotopic (exact) mass is 384 g/mol. The summed E-state index contributed by atoms with van der Waals surface area (Å²) < 4.78 is 13.4. The van der Waals surface area contributed by atoms with Gasteiger partial charge in [0.15, 0.2) is 0 Å². The first-order chi connectivity index (χ1) is 13.2. The number of rotatable bonds is 2. The molecule has 1 N–H and O–H groups in total. The zero-order valence-electron chi connectivity index (χ0n) is 16.5. The smallest absolute Gasteiger partial charge is 0.345 e. The summed E-state index contributed by atoms with van der Waals surface area (Å²) in [5.74, 6) is -0.452. The van der Waals surface area contributed by atoms with E-state index in [1.54, 1.807) is 25.1 Å². The Bertz CT molecular complexity index is 969. The average molecular weight is 384 g/mol. The predicted molar refractivity (Wildman–Crippen MR) is 105 cm³/mol. The highest BCUT2D eigenvalue weighted by molar-refractivity contribution is 5.93. The minimum atomic E-state index is -0.503. The van der Waals surface area contributed by atoms with E-state index in [9.17, 15) is 14.0 Å². The Kier molecular flexibility index (Phi) is 4.28. The molecule has 0 saturated carbocycles. The maximum absolute atomic E-state index is 13.4. The Morgan fingerprint density at radius 3 is 2.64 bits per heavy atom. The van der Waals surface area contributed by atoms with Crippen molar-refractivity contribution >= 4 is 11.6 Å². The second-order valence-corrected chi connectivity index (χ2v) is 8.59. The van der Waals surface area contributed by atoms with Crippen LogP contribution in [0.15, 0.2) is 35.1 Å². The van der Waals surface area contributed by atoms with Gasteiger partial charge in [0.25, 0.3) is 5.91 Å². The topological polar surface area (TPSA) is 69.3 Å². The van der Waals surface area contributed by atoms with Gasteiger partial charge in [-0.15, -0.1) is 0 Å². The van der Waals surface area contributed by atoms with Crippen LogP contribution in [-0.4, -0.2) is 44.9 Å². The zero-order chi connectivity index (χ0) is 20.1. The summed E-state index contributed by atoms with van der Waals surface area (Å²) in [6, 6.07) is 8.15. The fourth-order valence-electron chi connectivity index (χ4n) is 4.96. The van der Waals surface area contributed by atoms with Gasteiger partial charge in [-0.3, -0.25) is 4.79 Å². The van der Waals surface area contributed by atoms with Gasteiger partial charge < -0.3 is 14.8 Å². The SMILES string of the molecule is Cc1cc(C(=O)N2CCCC23CN(c2ccc(F)cc2)C(C)(C)C3)nc(=O)[nH]1. The molecule has 0 bridgehead atoms. The number of hydrogen-bond acceptors (Lipinski definition) is 4. The van der Waals surface area contributed by atoms with Gasteiger partial charge in [-0.2, -0.15) is 4.98 Å². The summed E-state index contributed by atoms with van der Waals surface area (Å²) in [5, 5.41) is 0. The van der Waals surface area contributed by atoms with Crippen molar-refractivity contribution in [2.24, 2.45) is 0 Å². The molecule has 2 saturated heterocycles. The second-order valence-electron chi connectivity index (χ2n) is 8.59. The maximum Gasteiger partial charge on any atom is 0.345 e. The Balaban J connectivity index is 1.67. The van der Waals surface area contributed by atoms with Crippen LogP contribution in [0, 0.1) is 12.7 Å². The number of aromatic nitrogens is 2. The Hall–Kier alpha value is -2.70. The number of hydrogen-bond donors (Lipinski definition) is 1. The van der Waals surface area contributed by atoms with Crippen LogP contribution >= 0.6 is 0 Å². The molecule has 2 fully saturated rings. The first kappa shape index (κ1) is 18.7. The van der Waals surface area contributed by atoms with E-state index >= 15 is 0 Å². The standard InChI is InChI=1S/C21H25FN4O2/c1-14-11-17(24-19(28)23-14)18(27)25-10-4-9-21(25)12-20(2,3)26(13-21)16-7-5-15(22)6-8-16/h5-8,11H,4,9-10,12-13H2,1-3H3,(H,23,24,28). The van der Waals surface area contributed by atoms with E-state index < -0.39 is 5.69 Å². The molecule has 7 heteroatoms. The van der Waals surface area contributed by atoms with Crippen LogP contribution in [-0.2, 0) is 0 Å². The third-order valence-corrected chi connectivity index (χ3v) is 6.02. The van der Waals surface area contributed by atoms with Crippen molar-refractivity contribution in [1.82, 2.24) is 14.9 Å². The number of nitrogens with one attached hydrogen (secondary N) is 1. The summed E-state index contributed by atoms with van der Waals surface area (Å²) in [6.07, 6.45) is 2.63. The number of aryl methyl sites for hydroxylation is 1. The number of halogens is 1. The Morgan fingerprint density at radius 2 is 1.96 bits per heavy atom. The van der Waals surface area contributed by atoms with Crippen LogP contribution in [0.3, 0.4) is 0 Å². The van der Waals surface area contributed by atoms with E-state index in [2.05, 4.69) is 28.7 Å². The predicted octanol–water partition coefficient (Wildman–Crippen LogP) is 2.88. The summed E-state index contributed by atoms with van der Waals surface area (Å²) in [6.45, 7) is 7.39. The molecule has 0 radical (unpaired) electrons. The molecule has 1 atom stereocenters. The first-order valence-corrected chi connectivity index (χ1v) is 9.63. The number of aromatic amines is 1. The van der Waals surface area contributed by atoms with Gasteiger partial charge >= 0.3 is 5.69 Å². The number of anilines is 1. The van der Waals surface area contributed by atoms with Crippen molar-refractivity contribution in [3.8, 4) is 0 Å². The molecule has 3 heterocycles. The molecule has 1 aromatic heterocycles. The highest BCUT2D eigenvalue weighted by Crippen LogP contribution is 2.47. The molecule has 4 rings (SSSR count). The fraction of sp³-hybridized carbons (Fsp3) is 0.476. The number of carbonyl (C=O) groups is 1. The highest BCUT2D eigenvalue weighted by atomic mass is 19.1. The lowest BCUT2D eigenvalue weighted by atomic mass is 9.87. The van der Waals surface area contributed by atoms with Gasteiger partial charge in [-0.25, -0.2) is 9.18 Å². The summed E-state index contributed by atoms with van der Waals surface area (Å²) in [7, 11) is 0. The lowest BCUT2D eigenvalue weighted by Crippen LogP contribution is -2.49. The lowest BCUT2D eigenvalue weighted by molar-refractivity contribution is 0.0610. The minimum absolute atomic E-state index is 0.182. The molecule has 1 amide bonds. The zero-order valence-corrected chi connectivity index (χ0v) is 16.5. The summed E-state index contributed by atoms with van der Waals surface area (Å²) in [4.78, 5) is 35.6. The van der Waals surface area contributed by atoms with E-state index in [1.165, 1.54) is 12.1 Å². The highest BCUT2D eigenvalue weighted by Gasteiger charge is 2.55. The second kappa shape index (κ2) is 6.43. The summed E-state index contributed by atoms with van der Waals surface area (Å²) >= 11 is 0. The third-order valence-electron chi connectivity index (χ3n) is 6.02. The average Bonchev–Trinajstić information content (AvgIpc) is 3.13. The maximum atomic E-state index is 13.4. The fourth-order valence-corrected chi connectivity index (χ4v) is 4.96. The van der Waals surface area contributed by atoms with Crippen molar-refractivity contribution in [2.75, 3.05) is 18.0 Å². The number of benzene rings is 1. The quantitative estimate of drug-likeness (QED) is 0.864. The molecule has 2 aliphatic rings. The number of likely N-dealkylation sites (tertiary alicyclic amines) is 1. The van der Waals surface area contributed by atoms with Crippen LogP contribution in [0.5, 0.6) is 0 Å².